The van der Waals surface area contributed by atoms with E-state index in [0.717, 1.165) is 17.7 Å². The first-order valence-corrected chi connectivity index (χ1v) is 11.8. The van der Waals surface area contributed by atoms with Crippen molar-refractivity contribution < 1.29 is 27.8 Å². The van der Waals surface area contributed by atoms with Crippen LogP contribution in [0, 0.1) is 11.6 Å². The fourth-order valence-corrected chi connectivity index (χ4v) is 3.65. The van der Waals surface area contributed by atoms with Gasteiger partial charge in [-0.3, -0.25) is 9.48 Å². The average molecular weight is 508 g/mol. The van der Waals surface area contributed by atoms with Crippen LogP contribution in [0.25, 0.3) is 0 Å². The lowest BCUT2D eigenvalue weighted by molar-refractivity contribution is 0.102. The minimum Gasteiger partial charge on any atom is -0.490 e. The molecule has 0 saturated carbocycles. The summed E-state index contributed by atoms with van der Waals surface area (Å²) >= 11 is 0. The quantitative estimate of drug-likeness (QED) is 0.276. The van der Waals surface area contributed by atoms with E-state index in [9.17, 15) is 13.6 Å². The number of carbonyl (C=O) groups excluding carboxylic acids is 1. The Hall–Kier alpha value is -4.40. The molecule has 1 amide bonds. The number of rotatable bonds is 11. The van der Waals surface area contributed by atoms with E-state index >= 15 is 0 Å². The molecule has 0 radical (unpaired) electrons. The largest absolute Gasteiger partial charge is 0.490 e. The van der Waals surface area contributed by atoms with Gasteiger partial charge in [0.15, 0.2) is 23.1 Å². The van der Waals surface area contributed by atoms with E-state index in [2.05, 4.69) is 10.4 Å². The highest BCUT2D eigenvalue weighted by Gasteiger charge is 2.11. The SMILES string of the molecule is CCOc1ccc(Cn2cc(NC(=O)c3cccc(COc4ccc(F)cc4F)c3)cn2)cc1OCC. The fourth-order valence-electron chi connectivity index (χ4n) is 3.65. The summed E-state index contributed by atoms with van der Waals surface area (Å²) < 4.78 is 45.3. The minimum absolute atomic E-state index is 0.0213. The molecule has 0 spiro atoms. The molecule has 0 saturated heterocycles. The van der Waals surface area contributed by atoms with Crippen LogP contribution in [-0.4, -0.2) is 28.9 Å². The van der Waals surface area contributed by atoms with Crippen molar-refractivity contribution in [2.24, 2.45) is 0 Å². The molecule has 0 atom stereocenters. The molecule has 37 heavy (non-hydrogen) atoms. The Bertz CT molecular complexity index is 1370. The molecule has 1 heterocycles. The predicted molar refractivity (Wildman–Crippen MR) is 135 cm³/mol. The molecule has 0 unspecified atom stereocenters. The van der Waals surface area contributed by atoms with Gasteiger partial charge >= 0.3 is 0 Å². The van der Waals surface area contributed by atoms with Crippen molar-refractivity contribution >= 4 is 11.6 Å². The van der Waals surface area contributed by atoms with Gasteiger partial charge in [0.1, 0.15) is 12.4 Å². The van der Waals surface area contributed by atoms with Crippen LogP contribution in [0.15, 0.2) is 73.1 Å². The third kappa shape index (κ3) is 6.84. The van der Waals surface area contributed by atoms with Gasteiger partial charge < -0.3 is 19.5 Å². The summed E-state index contributed by atoms with van der Waals surface area (Å²) in [4.78, 5) is 12.8. The number of hydrogen-bond acceptors (Lipinski definition) is 5. The highest BCUT2D eigenvalue weighted by atomic mass is 19.1. The number of carbonyl (C=O) groups is 1. The summed E-state index contributed by atoms with van der Waals surface area (Å²) in [5, 5.41) is 7.16. The van der Waals surface area contributed by atoms with Crippen LogP contribution in [0.2, 0.25) is 0 Å². The predicted octanol–water partition coefficient (Wildman–Crippen LogP) is 5.84. The van der Waals surface area contributed by atoms with Crippen molar-refractivity contribution in [2.75, 3.05) is 18.5 Å². The molecule has 0 aliphatic rings. The Balaban J connectivity index is 1.37. The first-order chi connectivity index (χ1) is 17.9. The molecular weight excluding hydrogens is 480 g/mol. The van der Waals surface area contributed by atoms with Crippen LogP contribution in [0.4, 0.5) is 14.5 Å². The van der Waals surface area contributed by atoms with Gasteiger partial charge in [0.25, 0.3) is 5.91 Å². The maximum absolute atomic E-state index is 13.8. The van der Waals surface area contributed by atoms with Crippen molar-refractivity contribution in [1.82, 2.24) is 9.78 Å². The summed E-state index contributed by atoms with van der Waals surface area (Å²) in [6.07, 6.45) is 3.30. The van der Waals surface area contributed by atoms with E-state index in [1.165, 1.54) is 6.07 Å². The zero-order valence-corrected chi connectivity index (χ0v) is 20.5. The first kappa shape index (κ1) is 25.7. The molecule has 4 aromatic rings. The molecule has 0 aliphatic heterocycles. The van der Waals surface area contributed by atoms with Crippen LogP contribution in [0.1, 0.15) is 35.3 Å². The number of ether oxygens (including phenoxy) is 3. The molecule has 0 bridgehead atoms. The summed E-state index contributed by atoms with van der Waals surface area (Å²) in [7, 11) is 0. The number of hydrogen-bond donors (Lipinski definition) is 1. The Morgan fingerprint density at radius 1 is 0.892 bits per heavy atom. The smallest absolute Gasteiger partial charge is 0.255 e. The lowest BCUT2D eigenvalue weighted by Gasteiger charge is -2.12. The number of anilines is 1. The second-order valence-electron chi connectivity index (χ2n) is 8.09. The van der Waals surface area contributed by atoms with E-state index in [4.69, 9.17) is 14.2 Å². The van der Waals surface area contributed by atoms with Gasteiger partial charge in [0, 0.05) is 17.8 Å². The molecule has 0 fully saturated rings. The Labute approximate surface area is 213 Å². The zero-order chi connectivity index (χ0) is 26.2. The lowest BCUT2D eigenvalue weighted by Crippen LogP contribution is -2.12. The molecule has 192 valence electrons. The molecule has 1 aromatic heterocycles. The van der Waals surface area contributed by atoms with Crippen molar-refractivity contribution in [3.05, 3.63) is 101 Å². The second-order valence-corrected chi connectivity index (χ2v) is 8.09. The van der Waals surface area contributed by atoms with Crippen LogP contribution in [0.5, 0.6) is 17.2 Å². The number of amides is 1. The monoisotopic (exact) mass is 507 g/mol. The molecule has 7 nitrogen and oxygen atoms in total. The van der Waals surface area contributed by atoms with Gasteiger partial charge in [0.2, 0.25) is 0 Å². The number of nitrogens with zero attached hydrogens (tertiary/aromatic N) is 2. The normalized spacial score (nSPS) is 10.7. The van der Waals surface area contributed by atoms with E-state index in [0.29, 0.717) is 48.1 Å². The highest BCUT2D eigenvalue weighted by molar-refractivity contribution is 6.04. The Morgan fingerprint density at radius 2 is 1.68 bits per heavy atom. The number of nitrogens with one attached hydrogen (secondary N) is 1. The van der Waals surface area contributed by atoms with Gasteiger partial charge in [0.05, 0.1) is 31.6 Å². The number of aromatic nitrogens is 2. The molecule has 3 aromatic carbocycles. The van der Waals surface area contributed by atoms with Gasteiger partial charge in [-0.1, -0.05) is 18.2 Å². The fraction of sp³-hybridized carbons (Fsp3) is 0.214. The van der Waals surface area contributed by atoms with Crippen molar-refractivity contribution in [2.45, 2.75) is 27.0 Å². The van der Waals surface area contributed by atoms with Gasteiger partial charge in [-0.15, -0.1) is 0 Å². The highest BCUT2D eigenvalue weighted by Crippen LogP contribution is 2.29. The van der Waals surface area contributed by atoms with E-state index < -0.39 is 11.6 Å². The third-order valence-corrected chi connectivity index (χ3v) is 5.32. The van der Waals surface area contributed by atoms with Crippen LogP contribution in [0.3, 0.4) is 0 Å². The number of halogens is 2. The first-order valence-electron chi connectivity index (χ1n) is 11.8. The van der Waals surface area contributed by atoms with E-state index in [1.807, 2.05) is 32.0 Å². The maximum Gasteiger partial charge on any atom is 0.255 e. The molecular formula is C28H27F2N3O4. The molecule has 9 heteroatoms. The summed E-state index contributed by atoms with van der Waals surface area (Å²) in [5.41, 5.74) is 2.57. The van der Waals surface area contributed by atoms with Gasteiger partial charge in [-0.2, -0.15) is 5.10 Å². The Kier molecular flexibility index (Phi) is 8.35. The molecule has 1 N–H and O–H groups in total. The lowest BCUT2D eigenvalue weighted by atomic mass is 10.1. The summed E-state index contributed by atoms with van der Waals surface area (Å²) in [6.45, 7) is 5.41. The van der Waals surface area contributed by atoms with Crippen LogP contribution < -0.4 is 19.5 Å². The molecule has 4 rings (SSSR count). The number of benzene rings is 3. The van der Waals surface area contributed by atoms with Gasteiger partial charge in [-0.05, 0) is 61.4 Å². The minimum atomic E-state index is -0.787. The second kappa shape index (κ2) is 12.0. The zero-order valence-electron chi connectivity index (χ0n) is 20.5. The van der Waals surface area contributed by atoms with Crippen LogP contribution in [-0.2, 0) is 13.2 Å². The van der Waals surface area contributed by atoms with Crippen molar-refractivity contribution in [1.29, 1.82) is 0 Å². The summed E-state index contributed by atoms with van der Waals surface area (Å²) in [6, 6.07) is 15.6. The standard InChI is InChI=1S/C28H27F2N3O4/c1-3-35-26-10-8-19(13-27(26)36-4-2)16-33-17-23(15-31-33)32-28(34)21-7-5-6-20(12-21)18-37-25-11-9-22(29)14-24(25)30/h5-15,17H,3-4,16,18H2,1-2H3,(H,32,34). The van der Waals surface area contributed by atoms with Crippen molar-refractivity contribution in [3.8, 4) is 17.2 Å². The van der Waals surface area contributed by atoms with E-state index in [1.54, 1.807) is 41.3 Å². The Morgan fingerprint density at radius 3 is 2.46 bits per heavy atom. The van der Waals surface area contributed by atoms with Crippen LogP contribution >= 0.6 is 0 Å². The molecule has 0 aliphatic carbocycles. The van der Waals surface area contributed by atoms with Gasteiger partial charge in [-0.25, -0.2) is 8.78 Å². The van der Waals surface area contributed by atoms with E-state index in [-0.39, 0.29) is 18.3 Å². The average Bonchev–Trinajstić information content (AvgIpc) is 3.32. The summed E-state index contributed by atoms with van der Waals surface area (Å²) in [5.74, 6) is -0.490. The third-order valence-electron chi connectivity index (χ3n) is 5.32. The maximum atomic E-state index is 13.8. The topological polar surface area (TPSA) is 74.6 Å². The van der Waals surface area contributed by atoms with Crippen molar-refractivity contribution in [3.63, 3.8) is 0 Å².